The monoisotopic (exact) mass is 199 g/mol. The first-order valence-corrected chi connectivity index (χ1v) is 5.65. The van der Waals surface area contributed by atoms with Crippen LogP contribution in [0.25, 0.3) is 0 Å². The first kappa shape index (κ1) is 11.5. The van der Waals surface area contributed by atoms with Crippen LogP contribution in [-0.4, -0.2) is 18.1 Å². The number of nitrogens with two attached hydrogens (primary N) is 1. The molecular formula is C11H21NO2. The molecule has 0 heterocycles. The van der Waals surface area contributed by atoms with Gasteiger partial charge in [-0.2, -0.15) is 0 Å². The van der Waals surface area contributed by atoms with Crippen LogP contribution < -0.4 is 5.73 Å². The van der Waals surface area contributed by atoms with Crippen LogP contribution in [0, 0.1) is 0 Å². The topological polar surface area (TPSA) is 52.3 Å². The van der Waals surface area contributed by atoms with E-state index in [4.69, 9.17) is 10.5 Å². The van der Waals surface area contributed by atoms with Crippen molar-refractivity contribution in [2.45, 2.75) is 57.4 Å². The second-order valence-electron chi connectivity index (χ2n) is 4.21. The van der Waals surface area contributed by atoms with Gasteiger partial charge in [-0.1, -0.05) is 32.6 Å². The van der Waals surface area contributed by atoms with Gasteiger partial charge >= 0.3 is 5.97 Å². The zero-order chi connectivity index (χ0) is 10.4. The molecule has 0 spiro atoms. The Hall–Kier alpha value is -0.570. The van der Waals surface area contributed by atoms with Crippen LogP contribution in [0.3, 0.4) is 0 Å². The summed E-state index contributed by atoms with van der Waals surface area (Å²) in [7, 11) is 0. The van der Waals surface area contributed by atoms with Crippen molar-refractivity contribution in [2.24, 2.45) is 5.73 Å². The zero-order valence-electron chi connectivity index (χ0n) is 9.05. The number of esters is 1. The van der Waals surface area contributed by atoms with Gasteiger partial charge in [-0.05, 0) is 19.3 Å². The van der Waals surface area contributed by atoms with E-state index in [0.29, 0.717) is 6.61 Å². The number of carbonyl (C=O) groups is 1. The van der Waals surface area contributed by atoms with Gasteiger partial charge in [-0.25, -0.2) is 0 Å². The standard InChI is InChI=1S/C11H21NO2/c1-2-9-14-10(13)11(12)7-5-3-4-6-8-11/h2-9,12H2,1H3. The summed E-state index contributed by atoms with van der Waals surface area (Å²) in [5.41, 5.74) is 5.38. The van der Waals surface area contributed by atoms with Crippen molar-refractivity contribution >= 4 is 5.97 Å². The van der Waals surface area contributed by atoms with Crippen LogP contribution >= 0.6 is 0 Å². The number of hydrogen-bond donors (Lipinski definition) is 1. The third kappa shape index (κ3) is 2.98. The Morgan fingerprint density at radius 1 is 1.29 bits per heavy atom. The lowest BCUT2D eigenvalue weighted by atomic mass is 9.92. The molecule has 0 aromatic heterocycles. The van der Waals surface area contributed by atoms with E-state index in [-0.39, 0.29) is 5.97 Å². The lowest BCUT2D eigenvalue weighted by molar-refractivity contribution is -0.150. The molecule has 0 radical (unpaired) electrons. The molecule has 1 aliphatic carbocycles. The van der Waals surface area contributed by atoms with Crippen molar-refractivity contribution in [3.63, 3.8) is 0 Å². The highest BCUT2D eigenvalue weighted by Gasteiger charge is 2.35. The fraction of sp³-hybridized carbons (Fsp3) is 0.909. The van der Waals surface area contributed by atoms with Crippen LogP contribution in [0.15, 0.2) is 0 Å². The maximum absolute atomic E-state index is 11.7. The Labute approximate surface area is 86.0 Å². The Bertz CT molecular complexity index is 184. The number of ether oxygens (including phenoxy) is 1. The zero-order valence-corrected chi connectivity index (χ0v) is 9.05. The molecule has 82 valence electrons. The minimum absolute atomic E-state index is 0.193. The third-order valence-corrected chi connectivity index (χ3v) is 2.84. The van der Waals surface area contributed by atoms with E-state index in [1.54, 1.807) is 0 Å². The second kappa shape index (κ2) is 5.35. The molecule has 0 atom stereocenters. The quantitative estimate of drug-likeness (QED) is 0.558. The molecule has 1 fully saturated rings. The van der Waals surface area contributed by atoms with E-state index in [1.165, 1.54) is 12.8 Å². The van der Waals surface area contributed by atoms with Gasteiger partial charge in [-0.15, -0.1) is 0 Å². The highest BCUT2D eigenvalue weighted by Crippen LogP contribution is 2.25. The molecule has 14 heavy (non-hydrogen) atoms. The molecule has 0 aliphatic heterocycles. The van der Waals surface area contributed by atoms with Gasteiger partial charge in [0, 0.05) is 0 Å². The fourth-order valence-electron chi connectivity index (χ4n) is 1.90. The number of hydrogen-bond acceptors (Lipinski definition) is 3. The third-order valence-electron chi connectivity index (χ3n) is 2.84. The lowest BCUT2D eigenvalue weighted by Crippen LogP contribution is -2.48. The molecule has 0 saturated heterocycles. The molecule has 0 bridgehead atoms. The van der Waals surface area contributed by atoms with Crippen LogP contribution in [0.4, 0.5) is 0 Å². The summed E-state index contributed by atoms with van der Waals surface area (Å²) in [5, 5.41) is 0. The molecule has 3 heteroatoms. The van der Waals surface area contributed by atoms with Crippen molar-refractivity contribution in [2.75, 3.05) is 6.61 Å². The molecule has 0 aromatic rings. The van der Waals surface area contributed by atoms with E-state index in [0.717, 1.165) is 32.1 Å². The first-order chi connectivity index (χ1) is 6.69. The second-order valence-corrected chi connectivity index (χ2v) is 4.21. The predicted octanol–water partition coefficient (Wildman–Crippen LogP) is 1.99. The predicted molar refractivity (Wildman–Crippen MR) is 55.9 cm³/mol. The number of carbonyl (C=O) groups excluding carboxylic acids is 1. The molecule has 1 rings (SSSR count). The van der Waals surface area contributed by atoms with E-state index in [9.17, 15) is 4.79 Å². The molecule has 0 amide bonds. The van der Waals surface area contributed by atoms with Gasteiger partial charge in [0.15, 0.2) is 0 Å². The van der Waals surface area contributed by atoms with Gasteiger partial charge in [0.05, 0.1) is 6.61 Å². The highest BCUT2D eigenvalue weighted by atomic mass is 16.5. The molecule has 3 nitrogen and oxygen atoms in total. The summed E-state index contributed by atoms with van der Waals surface area (Å²) in [6.45, 7) is 2.49. The maximum atomic E-state index is 11.7. The van der Waals surface area contributed by atoms with E-state index in [1.807, 2.05) is 6.92 Å². The smallest absolute Gasteiger partial charge is 0.326 e. The average molecular weight is 199 g/mol. The summed E-state index contributed by atoms with van der Waals surface area (Å²) in [6.07, 6.45) is 6.93. The molecule has 0 unspecified atom stereocenters. The Kier molecular flexibility index (Phi) is 4.39. The van der Waals surface area contributed by atoms with E-state index < -0.39 is 5.54 Å². The molecule has 1 aliphatic rings. The summed E-state index contributed by atoms with van der Waals surface area (Å²) >= 11 is 0. The SMILES string of the molecule is CCCOC(=O)C1(N)CCCCCC1. The van der Waals surface area contributed by atoms with Crippen molar-refractivity contribution in [3.8, 4) is 0 Å². The van der Waals surface area contributed by atoms with Crippen molar-refractivity contribution in [3.05, 3.63) is 0 Å². The normalized spacial score (nSPS) is 21.3. The summed E-state index contributed by atoms with van der Waals surface area (Å²) < 4.78 is 5.13. The van der Waals surface area contributed by atoms with Gasteiger partial charge in [0.1, 0.15) is 5.54 Å². The first-order valence-electron chi connectivity index (χ1n) is 5.65. The molecule has 0 aromatic carbocycles. The highest BCUT2D eigenvalue weighted by molar-refractivity contribution is 5.80. The van der Waals surface area contributed by atoms with Crippen LogP contribution in [0.1, 0.15) is 51.9 Å². The largest absolute Gasteiger partial charge is 0.464 e. The molecular weight excluding hydrogens is 178 g/mol. The van der Waals surface area contributed by atoms with E-state index >= 15 is 0 Å². The van der Waals surface area contributed by atoms with Gasteiger partial charge < -0.3 is 10.5 Å². The molecule has 1 saturated carbocycles. The fourth-order valence-corrected chi connectivity index (χ4v) is 1.90. The van der Waals surface area contributed by atoms with Gasteiger partial charge in [0.2, 0.25) is 0 Å². The summed E-state index contributed by atoms with van der Waals surface area (Å²) in [4.78, 5) is 11.7. The number of rotatable bonds is 3. The summed E-state index contributed by atoms with van der Waals surface area (Å²) in [5.74, 6) is -0.193. The minimum Gasteiger partial charge on any atom is -0.464 e. The average Bonchev–Trinajstić information content (AvgIpc) is 2.40. The molecule has 2 N–H and O–H groups in total. The van der Waals surface area contributed by atoms with Crippen molar-refractivity contribution in [1.82, 2.24) is 0 Å². The Balaban J connectivity index is 2.48. The summed E-state index contributed by atoms with van der Waals surface area (Å²) in [6, 6.07) is 0. The van der Waals surface area contributed by atoms with Crippen LogP contribution in [0.2, 0.25) is 0 Å². The van der Waals surface area contributed by atoms with Gasteiger partial charge in [0.25, 0.3) is 0 Å². The lowest BCUT2D eigenvalue weighted by Gasteiger charge is -2.25. The van der Waals surface area contributed by atoms with Crippen molar-refractivity contribution < 1.29 is 9.53 Å². The van der Waals surface area contributed by atoms with E-state index in [2.05, 4.69) is 0 Å². The Morgan fingerprint density at radius 2 is 1.86 bits per heavy atom. The van der Waals surface area contributed by atoms with Crippen LogP contribution in [-0.2, 0) is 9.53 Å². The minimum atomic E-state index is -0.689. The Morgan fingerprint density at radius 3 is 2.36 bits per heavy atom. The van der Waals surface area contributed by atoms with Crippen molar-refractivity contribution in [1.29, 1.82) is 0 Å². The van der Waals surface area contributed by atoms with Crippen LogP contribution in [0.5, 0.6) is 0 Å². The van der Waals surface area contributed by atoms with Gasteiger partial charge in [-0.3, -0.25) is 4.79 Å². The maximum Gasteiger partial charge on any atom is 0.326 e.